The van der Waals surface area contributed by atoms with E-state index in [1.807, 2.05) is 41.3 Å². The minimum Gasteiger partial charge on any atom is -0.238 e. The minimum atomic E-state index is 0.917. The first-order chi connectivity index (χ1) is 8.74. The molecule has 5 heteroatoms. The van der Waals surface area contributed by atoms with Gasteiger partial charge in [0.05, 0.1) is 11.4 Å². The van der Waals surface area contributed by atoms with Crippen LogP contribution in [0, 0.1) is 13.8 Å². The van der Waals surface area contributed by atoms with Crippen LogP contribution in [0.25, 0.3) is 16.9 Å². The number of aryl methyl sites for hydroxylation is 2. The molecule has 0 saturated heterocycles. The number of benzene rings is 1. The number of hydrogen-bond acceptors (Lipinski definition) is 4. The molecule has 0 aliphatic carbocycles. The molecular weight excluding hydrogens is 244 g/mol. The van der Waals surface area contributed by atoms with Crippen LogP contribution in [0.5, 0.6) is 0 Å². The van der Waals surface area contributed by atoms with Crippen molar-refractivity contribution in [3.63, 3.8) is 0 Å². The lowest BCUT2D eigenvalue weighted by Gasteiger charge is -2.04. The third kappa shape index (κ3) is 1.93. The normalized spacial score (nSPS) is 10.8. The van der Waals surface area contributed by atoms with E-state index in [2.05, 4.69) is 27.7 Å². The highest BCUT2D eigenvalue weighted by molar-refractivity contribution is 7.03. The van der Waals surface area contributed by atoms with Crippen molar-refractivity contribution in [3.05, 3.63) is 47.1 Å². The van der Waals surface area contributed by atoms with Gasteiger partial charge in [-0.15, -0.1) is 5.10 Å². The smallest absolute Gasteiger partial charge is 0.105 e. The van der Waals surface area contributed by atoms with Crippen molar-refractivity contribution in [1.29, 1.82) is 0 Å². The highest BCUT2D eigenvalue weighted by Gasteiger charge is 2.05. The number of rotatable bonds is 2. The Morgan fingerprint density at radius 3 is 2.44 bits per heavy atom. The summed E-state index contributed by atoms with van der Waals surface area (Å²) in [7, 11) is 0. The molecule has 4 nitrogen and oxygen atoms in total. The van der Waals surface area contributed by atoms with Gasteiger partial charge in [0.25, 0.3) is 0 Å². The maximum atomic E-state index is 4.46. The lowest BCUT2D eigenvalue weighted by molar-refractivity contribution is 0.834. The number of hydrogen-bond donors (Lipinski definition) is 0. The van der Waals surface area contributed by atoms with Crippen LogP contribution >= 0.6 is 11.5 Å². The summed E-state index contributed by atoms with van der Waals surface area (Å²) >= 11 is 1.36. The summed E-state index contributed by atoms with van der Waals surface area (Å²) in [6.45, 7) is 4.05. The fraction of sp³-hybridized carbons (Fsp3) is 0.154. The van der Waals surface area contributed by atoms with Crippen molar-refractivity contribution in [2.45, 2.75) is 13.8 Å². The van der Waals surface area contributed by atoms with E-state index in [0.29, 0.717) is 0 Å². The summed E-state index contributed by atoms with van der Waals surface area (Å²) in [6.07, 6.45) is 0. The molecule has 2 aromatic heterocycles. The van der Waals surface area contributed by atoms with Crippen molar-refractivity contribution in [2.75, 3.05) is 0 Å². The van der Waals surface area contributed by atoms with Gasteiger partial charge in [0.2, 0.25) is 0 Å². The molecule has 0 bridgehead atoms. The molecule has 0 amide bonds. The first-order valence-electron chi connectivity index (χ1n) is 5.65. The summed E-state index contributed by atoms with van der Waals surface area (Å²) < 4.78 is 5.81. The predicted octanol–water partition coefficient (Wildman–Crippen LogP) is 3.01. The molecule has 0 fully saturated rings. The second-order valence-corrected chi connectivity index (χ2v) is 4.79. The van der Waals surface area contributed by atoms with Gasteiger partial charge in [-0.25, -0.2) is 4.68 Å². The Balaban J connectivity index is 1.99. The predicted molar refractivity (Wildman–Crippen MR) is 71.9 cm³/mol. The molecule has 0 atom stereocenters. The van der Waals surface area contributed by atoms with Gasteiger partial charge >= 0.3 is 0 Å². The Bertz CT molecular complexity index is 653. The average molecular weight is 256 g/mol. The van der Waals surface area contributed by atoms with Gasteiger partial charge in [-0.3, -0.25) is 0 Å². The van der Waals surface area contributed by atoms with E-state index in [1.165, 1.54) is 11.5 Å². The third-order valence-corrected chi connectivity index (χ3v) is 3.28. The molecule has 90 valence electrons. The molecule has 0 N–H and O–H groups in total. The molecule has 18 heavy (non-hydrogen) atoms. The first-order valence-corrected chi connectivity index (χ1v) is 6.49. The van der Waals surface area contributed by atoms with Gasteiger partial charge in [0.1, 0.15) is 5.69 Å². The SMILES string of the molecule is Cc1cc(C)n(-c2ccc(-c3csnn3)cc2)n1. The Morgan fingerprint density at radius 1 is 1.11 bits per heavy atom. The van der Waals surface area contributed by atoms with E-state index < -0.39 is 0 Å². The maximum Gasteiger partial charge on any atom is 0.105 e. The van der Waals surface area contributed by atoms with E-state index >= 15 is 0 Å². The van der Waals surface area contributed by atoms with Crippen LogP contribution in [0.2, 0.25) is 0 Å². The molecule has 0 radical (unpaired) electrons. The molecule has 0 saturated carbocycles. The molecule has 0 unspecified atom stereocenters. The Morgan fingerprint density at radius 2 is 1.89 bits per heavy atom. The van der Waals surface area contributed by atoms with E-state index in [0.717, 1.165) is 28.3 Å². The highest BCUT2D eigenvalue weighted by Crippen LogP contribution is 2.20. The van der Waals surface area contributed by atoms with Crippen LogP contribution in [-0.2, 0) is 0 Å². The van der Waals surface area contributed by atoms with E-state index in [1.54, 1.807) is 0 Å². The van der Waals surface area contributed by atoms with Crippen LogP contribution in [0.1, 0.15) is 11.4 Å². The summed E-state index contributed by atoms with van der Waals surface area (Å²) in [5.74, 6) is 0. The zero-order chi connectivity index (χ0) is 12.5. The van der Waals surface area contributed by atoms with Gasteiger partial charge in [-0.2, -0.15) is 5.10 Å². The van der Waals surface area contributed by atoms with Crippen molar-refractivity contribution in [3.8, 4) is 16.9 Å². The number of aromatic nitrogens is 4. The number of nitrogens with zero attached hydrogens (tertiary/aromatic N) is 4. The van der Waals surface area contributed by atoms with Crippen LogP contribution in [0.3, 0.4) is 0 Å². The largest absolute Gasteiger partial charge is 0.238 e. The summed E-state index contributed by atoms with van der Waals surface area (Å²) in [5.41, 5.74) is 5.22. The molecular formula is C13H12N4S. The van der Waals surface area contributed by atoms with Crippen molar-refractivity contribution in [2.24, 2.45) is 0 Å². The fourth-order valence-electron chi connectivity index (χ4n) is 1.95. The summed E-state index contributed by atoms with van der Waals surface area (Å²) in [4.78, 5) is 0. The lowest BCUT2D eigenvalue weighted by atomic mass is 10.1. The van der Waals surface area contributed by atoms with Gasteiger partial charge in [-0.1, -0.05) is 16.6 Å². The van der Waals surface area contributed by atoms with E-state index in [4.69, 9.17) is 0 Å². The van der Waals surface area contributed by atoms with E-state index in [9.17, 15) is 0 Å². The van der Waals surface area contributed by atoms with Crippen molar-refractivity contribution < 1.29 is 0 Å². The van der Waals surface area contributed by atoms with Crippen molar-refractivity contribution in [1.82, 2.24) is 19.4 Å². The van der Waals surface area contributed by atoms with Crippen LogP contribution in [0.4, 0.5) is 0 Å². The quantitative estimate of drug-likeness (QED) is 0.708. The fourth-order valence-corrected chi connectivity index (χ4v) is 2.42. The van der Waals surface area contributed by atoms with Crippen LogP contribution in [-0.4, -0.2) is 19.4 Å². The van der Waals surface area contributed by atoms with Gasteiger partial charge < -0.3 is 0 Å². The zero-order valence-corrected chi connectivity index (χ0v) is 11.0. The molecule has 3 rings (SSSR count). The molecule has 0 aliphatic rings. The lowest BCUT2D eigenvalue weighted by Crippen LogP contribution is -1.98. The Kier molecular flexibility index (Phi) is 2.68. The monoisotopic (exact) mass is 256 g/mol. The van der Waals surface area contributed by atoms with Gasteiger partial charge in [0.15, 0.2) is 0 Å². The van der Waals surface area contributed by atoms with E-state index in [-0.39, 0.29) is 0 Å². The Labute approximate surface area is 109 Å². The zero-order valence-electron chi connectivity index (χ0n) is 10.2. The molecule has 1 aromatic carbocycles. The summed E-state index contributed by atoms with van der Waals surface area (Å²) in [6, 6.07) is 10.3. The standard InChI is InChI=1S/C13H12N4S/c1-9-7-10(2)17(15-9)12-5-3-11(4-6-12)13-8-18-16-14-13/h3-8H,1-2H3. The molecule has 2 heterocycles. The third-order valence-electron chi connectivity index (χ3n) is 2.78. The molecule has 3 aromatic rings. The Hall–Kier alpha value is -2.01. The summed E-state index contributed by atoms with van der Waals surface area (Å²) in [5, 5.41) is 10.5. The van der Waals surface area contributed by atoms with Crippen LogP contribution < -0.4 is 0 Å². The van der Waals surface area contributed by atoms with Gasteiger partial charge in [0, 0.05) is 16.6 Å². The van der Waals surface area contributed by atoms with Crippen LogP contribution in [0.15, 0.2) is 35.7 Å². The topological polar surface area (TPSA) is 43.6 Å². The second-order valence-electron chi connectivity index (χ2n) is 4.18. The first kappa shape index (κ1) is 11.1. The maximum absolute atomic E-state index is 4.46. The second kappa shape index (κ2) is 4.34. The van der Waals surface area contributed by atoms with Crippen molar-refractivity contribution >= 4 is 11.5 Å². The average Bonchev–Trinajstić information content (AvgIpc) is 2.99. The highest BCUT2D eigenvalue weighted by atomic mass is 32.1. The molecule has 0 aliphatic heterocycles. The molecule has 0 spiro atoms. The minimum absolute atomic E-state index is 0.917. The van der Waals surface area contributed by atoms with Gasteiger partial charge in [-0.05, 0) is 43.6 Å².